The number of hydrogen-bond donors (Lipinski definition) is 2. The molecular formula is C25H31NO4. The molecular weight excluding hydrogens is 378 g/mol. The summed E-state index contributed by atoms with van der Waals surface area (Å²) in [5.41, 5.74) is 3.34. The molecule has 160 valence electrons. The number of carbonyl (C=O) groups is 3. The quantitative estimate of drug-likeness (QED) is 0.592. The molecule has 2 aliphatic carbocycles. The number of Topliss-reactive ketones (excluding diaryl/α,β-unsaturated/α-hetero) is 2. The molecule has 0 saturated heterocycles. The van der Waals surface area contributed by atoms with Crippen LogP contribution in [0.5, 0.6) is 0 Å². The molecule has 1 aromatic carbocycles. The highest BCUT2D eigenvalue weighted by molar-refractivity contribution is 6.10. The molecule has 0 aromatic heterocycles. The van der Waals surface area contributed by atoms with Crippen LogP contribution in [-0.4, -0.2) is 35.7 Å². The van der Waals surface area contributed by atoms with Gasteiger partial charge in [0.05, 0.1) is 6.61 Å². The van der Waals surface area contributed by atoms with Crippen LogP contribution in [0.3, 0.4) is 0 Å². The van der Waals surface area contributed by atoms with Crippen LogP contribution in [0, 0.1) is 37.0 Å². The van der Waals surface area contributed by atoms with Gasteiger partial charge in [-0.05, 0) is 80.7 Å². The van der Waals surface area contributed by atoms with Gasteiger partial charge >= 0.3 is 0 Å². The van der Waals surface area contributed by atoms with E-state index < -0.39 is 5.92 Å². The average molecular weight is 410 g/mol. The van der Waals surface area contributed by atoms with Gasteiger partial charge < -0.3 is 10.4 Å². The van der Waals surface area contributed by atoms with Crippen LogP contribution in [0.25, 0.3) is 0 Å². The molecule has 5 heteroatoms. The molecule has 1 aromatic rings. The lowest BCUT2D eigenvalue weighted by Gasteiger charge is -2.43. The Kier molecular flexibility index (Phi) is 6.77. The van der Waals surface area contributed by atoms with Crippen LogP contribution in [0.4, 0.5) is 0 Å². The van der Waals surface area contributed by atoms with Crippen molar-refractivity contribution in [1.29, 1.82) is 0 Å². The standard InChI is InChI=1S/C25H31NO4/c1-4-5-18-12-16(2)22(17(3)13-18)23-20(28)14-25(15-21(23)29)8-6-19(7-9-25)24(30)26-10-11-27/h12-13,19,23,27H,6-11,14-15H2,1-3H3,(H,26,30). The Labute approximate surface area is 178 Å². The van der Waals surface area contributed by atoms with Crippen LogP contribution in [0.2, 0.25) is 0 Å². The summed E-state index contributed by atoms with van der Waals surface area (Å²) >= 11 is 0. The lowest BCUT2D eigenvalue weighted by Crippen LogP contribution is -2.44. The number of ketones is 2. The summed E-state index contributed by atoms with van der Waals surface area (Å²) in [5.74, 6) is 5.15. The highest BCUT2D eigenvalue weighted by Crippen LogP contribution is 2.50. The predicted octanol–water partition coefficient (Wildman–Crippen LogP) is 2.98. The molecule has 0 bridgehead atoms. The van der Waals surface area contributed by atoms with Crippen molar-refractivity contribution in [1.82, 2.24) is 5.32 Å². The van der Waals surface area contributed by atoms with Gasteiger partial charge in [0.15, 0.2) is 0 Å². The molecule has 0 unspecified atom stereocenters. The van der Waals surface area contributed by atoms with Gasteiger partial charge in [-0.25, -0.2) is 0 Å². The second-order valence-electron chi connectivity index (χ2n) is 8.91. The topological polar surface area (TPSA) is 83.5 Å². The van der Waals surface area contributed by atoms with Crippen molar-refractivity contribution in [3.05, 3.63) is 34.4 Å². The Morgan fingerprint density at radius 2 is 1.70 bits per heavy atom. The smallest absolute Gasteiger partial charge is 0.223 e. The zero-order chi connectivity index (χ0) is 21.9. The number of hydrogen-bond acceptors (Lipinski definition) is 4. The van der Waals surface area contributed by atoms with E-state index in [0.29, 0.717) is 25.7 Å². The van der Waals surface area contributed by atoms with E-state index in [2.05, 4.69) is 17.2 Å². The average Bonchev–Trinajstić information content (AvgIpc) is 2.68. The van der Waals surface area contributed by atoms with Gasteiger partial charge in [0, 0.05) is 30.9 Å². The first kappa shape index (κ1) is 22.2. The van der Waals surface area contributed by atoms with E-state index in [9.17, 15) is 14.4 Å². The Morgan fingerprint density at radius 1 is 1.13 bits per heavy atom. The van der Waals surface area contributed by atoms with E-state index in [-0.39, 0.29) is 42.0 Å². The molecule has 2 N–H and O–H groups in total. The number of aliphatic hydroxyl groups is 1. The highest BCUT2D eigenvalue weighted by Gasteiger charge is 2.48. The normalized spacial score (nSPS) is 26.3. The Bertz CT molecular complexity index is 870. The minimum absolute atomic E-state index is 0.00922. The zero-order valence-corrected chi connectivity index (χ0v) is 18.1. The Morgan fingerprint density at radius 3 is 2.20 bits per heavy atom. The van der Waals surface area contributed by atoms with E-state index in [1.807, 2.05) is 26.0 Å². The SMILES string of the molecule is CC#Cc1cc(C)c(C2C(=O)CC3(CCC(C(=O)NCCO)CC3)CC2=O)c(C)c1. The number of aryl methyl sites for hydroxylation is 2. The molecule has 0 heterocycles. The van der Waals surface area contributed by atoms with Gasteiger partial charge in [-0.1, -0.05) is 5.92 Å². The minimum atomic E-state index is -0.676. The number of nitrogens with one attached hydrogen (secondary N) is 1. The van der Waals surface area contributed by atoms with Gasteiger partial charge in [0.2, 0.25) is 5.91 Å². The summed E-state index contributed by atoms with van der Waals surface area (Å²) < 4.78 is 0. The van der Waals surface area contributed by atoms with Gasteiger partial charge in [0.25, 0.3) is 0 Å². The van der Waals surface area contributed by atoms with Gasteiger partial charge in [0.1, 0.15) is 17.5 Å². The van der Waals surface area contributed by atoms with Crippen LogP contribution >= 0.6 is 0 Å². The number of amides is 1. The number of aliphatic hydroxyl groups excluding tert-OH is 1. The van der Waals surface area contributed by atoms with Crippen molar-refractivity contribution in [3.8, 4) is 11.8 Å². The van der Waals surface area contributed by atoms with Gasteiger partial charge in [-0.15, -0.1) is 5.92 Å². The third kappa shape index (κ3) is 4.49. The summed E-state index contributed by atoms with van der Waals surface area (Å²) in [4.78, 5) is 38.6. The van der Waals surface area contributed by atoms with Crippen LogP contribution < -0.4 is 5.32 Å². The Balaban J connectivity index is 1.74. The van der Waals surface area contributed by atoms with Crippen molar-refractivity contribution < 1.29 is 19.5 Å². The van der Waals surface area contributed by atoms with Crippen molar-refractivity contribution in [3.63, 3.8) is 0 Å². The van der Waals surface area contributed by atoms with Crippen molar-refractivity contribution in [2.45, 2.75) is 65.2 Å². The number of carbonyl (C=O) groups excluding carboxylic acids is 3. The van der Waals surface area contributed by atoms with Crippen LogP contribution in [0.15, 0.2) is 12.1 Å². The van der Waals surface area contributed by atoms with Crippen LogP contribution in [-0.2, 0) is 14.4 Å². The van der Waals surface area contributed by atoms with E-state index >= 15 is 0 Å². The van der Waals surface area contributed by atoms with Crippen molar-refractivity contribution in [2.75, 3.05) is 13.2 Å². The Hall–Kier alpha value is -2.45. The van der Waals surface area contributed by atoms with Gasteiger partial charge in [-0.3, -0.25) is 14.4 Å². The fourth-order valence-electron chi connectivity index (χ4n) is 5.32. The minimum Gasteiger partial charge on any atom is -0.395 e. The maximum Gasteiger partial charge on any atom is 0.223 e. The van der Waals surface area contributed by atoms with E-state index in [1.54, 1.807) is 6.92 Å². The molecule has 2 aliphatic rings. The third-order valence-corrected chi connectivity index (χ3v) is 6.72. The fraction of sp³-hybridized carbons (Fsp3) is 0.560. The molecule has 0 atom stereocenters. The first-order valence-corrected chi connectivity index (χ1v) is 10.8. The van der Waals surface area contributed by atoms with Gasteiger partial charge in [-0.2, -0.15) is 0 Å². The van der Waals surface area contributed by atoms with E-state index in [4.69, 9.17) is 5.11 Å². The lowest BCUT2D eigenvalue weighted by molar-refractivity contribution is -0.138. The molecule has 5 nitrogen and oxygen atoms in total. The highest BCUT2D eigenvalue weighted by atomic mass is 16.3. The summed E-state index contributed by atoms with van der Waals surface area (Å²) in [6.07, 6.45) is 3.62. The third-order valence-electron chi connectivity index (χ3n) is 6.72. The summed E-state index contributed by atoms with van der Waals surface area (Å²) in [5, 5.41) is 11.6. The summed E-state index contributed by atoms with van der Waals surface area (Å²) in [6.45, 7) is 5.88. The molecule has 1 spiro atoms. The second-order valence-corrected chi connectivity index (χ2v) is 8.91. The lowest BCUT2D eigenvalue weighted by atomic mass is 9.59. The fourth-order valence-corrected chi connectivity index (χ4v) is 5.32. The maximum atomic E-state index is 13.2. The van der Waals surface area contributed by atoms with Crippen molar-refractivity contribution >= 4 is 17.5 Å². The second kappa shape index (κ2) is 9.14. The molecule has 3 rings (SSSR count). The monoisotopic (exact) mass is 409 g/mol. The summed E-state index contributed by atoms with van der Waals surface area (Å²) in [7, 11) is 0. The first-order valence-electron chi connectivity index (χ1n) is 10.8. The molecule has 2 fully saturated rings. The largest absolute Gasteiger partial charge is 0.395 e. The summed E-state index contributed by atoms with van der Waals surface area (Å²) in [6, 6.07) is 3.92. The van der Waals surface area contributed by atoms with E-state index in [0.717, 1.165) is 35.1 Å². The maximum absolute atomic E-state index is 13.2. The molecule has 1 amide bonds. The zero-order valence-electron chi connectivity index (χ0n) is 18.1. The van der Waals surface area contributed by atoms with Crippen LogP contribution in [0.1, 0.15) is 73.6 Å². The first-order chi connectivity index (χ1) is 14.3. The molecule has 0 aliphatic heterocycles. The molecule has 0 radical (unpaired) electrons. The van der Waals surface area contributed by atoms with Crippen molar-refractivity contribution in [2.24, 2.45) is 11.3 Å². The molecule has 2 saturated carbocycles. The predicted molar refractivity (Wildman–Crippen MR) is 115 cm³/mol. The molecule has 30 heavy (non-hydrogen) atoms. The van der Waals surface area contributed by atoms with E-state index in [1.165, 1.54) is 0 Å². The number of rotatable bonds is 4. The number of benzene rings is 1.